The summed E-state index contributed by atoms with van der Waals surface area (Å²) in [6.45, 7) is 0. The smallest absolute Gasteiger partial charge is 0.118 e. The molecule has 0 atom stereocenters. The molecule has 0 spiro atoms. The molecule has 1 nitrogen and oxygen atoms in total. The Morgan fingerprint density at radius 1 is 1.53 bits per heavy atom. The molecule has 82 valence electrons. The van der Waals surface area contributed by atoms with Crippen molar-refractivity contribution < 1.29 is 4.39 Å². The van der Waals surface area contributed by atoms with Crippen molar-refractivity contribution in [2.24, 2.45) is 5.73 Å². The standard InChI is InChI=1S/C11H12BrClFN/c12-8-2-1-7(10(13)3-8)4-11(14)5-9(15)6-11/h1-3,9H,4-6,15H2. The maximum Gasteiger partial charge on any atom is 0.118 e. The van der Waals surface area contributed by atoms with Crippen LogP contribution in [0.5, 0.6) is 0 Å². The molecule has 0 saturated heterocycles. The van der Waals surface area contributed by atoms with Gasteiger partial charge in [0.25, 0.3) is 0 Å². The number of nitrogens with two attached hydrogens (primary N) is 1. The average molecular weight is 293 g/mol. The second-order valence-electron chi connectivity index (χ2n) is 4.23. The summed E-state index contributed by atoms with van der Waals surface area (Å²) in [7, 11) is 0. The van der Waals surface area contributed by atoms with Crippen LogP contribution in [0.15, 0.2) is 22.7 Å². The maximum atomic E-state index is 14.0. The number of benzene rings is 1. The highest BCUT2D eigenvalue weighted by molar-refractivity contribution is 9.10. The Bertz CT molecular complexity index is 377. The van der Waals surface area contributed by atoms with Gasteiger partial charge in [0.15, 0.2) is 0 Å². The molecule has 0 unspecified atom stereocenters. The lowest BCUT2D eigenvalue weighted by molar-refractivity contribution is 0.0445. The molecule has 0 heterocycles. The zero-order valence-corrected chi connectivity index (χ0v) is 10.5. The molecule has 1 saturated carbocycles. The van der Waals surface area contributed by atoms with Crippen molar-refractivity contribution in [3.63, 3.8) is 0 Å². The molecule has 1 aliphatic carbocycles. The summed E-state index contributed by atoms with van der Waals surface area (Å²) in [6.07, 6.45) is 1.26. The summed E-state index contributed by atoms with van der Waals surface area (Å²) >= 11 is 9.34. The van der Waals surface area contributed by atoms with Gasteiger partial charge in [-0.25, -0.2) is 4.39 Å². The Morgan fingerprint density at radius 2 is 2.20 bits per heavy atom. The first-order chi connectivity index (χ1) is 6.98. The molecular weight excluding hydrogens is 280 g/mol. The molecule has 0 aliphatic heterocycles. The lowest BCUT2D eigenvalue weighted by Crippen LogP contribution is -2.49. The molecule has 0 bridgehead atoms. The molecule has 1 fully saturated rings. The van der Waals surface area contributed by atoms with Crippen LogP contribution >= 0.6 is 27.5 Å². The first-order valence-corrected chi connectivity index (χ1v) is 6.04. The fourth-order valence-electron chi connectivity index (χ4n) is 2.03. The van der Waals surface area contributed by atoms with Crippen LogP contribution in [0.3, 0.4) is 0 Å². The van der Waals surface area contributed by atoms with Crippen LogP contribution in [-0.2, 0) is 6.42 Å². The highest BCUT2D eigenvalue weighted by Crippen LogP contribution is 2.39. The van der Waals surface area contributed by atoms with Crippen LogP contribution in [0.25, 0.3) is 0 Å². The van der Waals surface area contributed by atoms with Crippen molar-refractivity contribution in [1.82, 2.24) is 0 Å². The third kappa shape index (κ3) is 2.52. The summed E-state index contributed by atoms with van der Waals surface area (Å²) < 4.78 is 14.9. The van der Waals surface area contributed by atoms with Gasteiger partial charge in [-0.1, -0.05) is 33.6 Å². The lowest BCUT2D eigenvalue weighted by Gasteiger charge is -2.39. The highest BCUT2D eigenvalue weighted by Gasteiger charge is 2.43. The van der Waals surface area contributed by atoms with Gasteiger partial charge in [-0.05, 0) is 30.5 Å². The van der Waals surface area contributed by atoms with Crippen LogP contribution in [-0.4, -0.2) is 11.7 Å². The SMILES string of the molecule is NC1CC(F)(Cc2ccc(Br)cc2Cl)C1. The Kier molecular flexibility index (Phi) is 3.06. The van der Waals surface area contributed by atoms with Crippen molar-refractivity contribution in [3.05, 3.63) is 33.3 Å². The minimum absolute atomic E-state index is 0.0178. The molecule has 2 N–H and O–H groups in total. The number of alkyl halides is 1. The second-order valence-corrected chi connectivity index (χ2v) is 5.55. The van der Waals surface area contributed by atoms with E-state index in [4.69, 9.17) is 17.3 Å². The maximum absolute atomic E-state index is 14.0. The Morgan fingerprint density at radius 3 is 2.73 bits per heavy atom. The Hall–Kier alpha value is -0.120. The average Bonchev–Trinajstić information content (AvgIpc) is 2.08. The van der Waals surface area contributed by atoms with Gasteiger partial charge in [0.1, 0.15) is 5.67 Å². The molecule has 1 aliphatic rings. The Labute approximate surface area is 102 Å². The van der Waals surface area contributed by atoms with E-state index in [1.807, 2.05) is 12.1 Å². The van der Waals surface area contributed by atoms with Gasteiger partial charge in [0, 0.05) is 22.0 Å². The third-order valence-electron chi connectivity index (χ3n) is 2.78. The van der Waals surface area contributed by atoms with E-state index in [0.29, 0.717) is 24.3 Å². The van der Waals surface area contributed by atoms with Crippen LogP contribution in [0.4, 0.5) is 4.39 Å². The molecule has 1 aromatic rings. The van der Waals surface area contributed by atoms with E-state index in [-0.39, 0.29) is 6.04 Å². The van der Waals surface area contributed by atoms with E-state index in [0.717, 1.165) is 10.0 Å². The normalized spacial score (nSPS) is 30.0. The van der Waals surface area contributed by atoms with Gasteiger partial charge < -0.3 is 5.73 Å². The highest BCUT2D eigenvalue weighted by atomic mass is 79.9. The minimum atomic E-state index is -1.14. The van der Waals surface area contributed by atoms with Gasteiger partial charge in [-0.3, -0.25) is 0 Å². The molecule has 0 radical (unpaired) electrons. The molecule has 0 aromatic heterocycles. The van der Waals surface area contributed by atoms with Crippen molar-refractivity contribution in [2.45, 2.75) is 31.0 Å². The first-order valence-electron chi connectivity index (χ1n) is 4.87. The zero-order valence-electron chi connectivity index (χ0n) is 8.14. The molecule has 15 heavy (non-hydrogen) atoms. The second kappa shape index (κ2) is 4.04. The fourth-order valence-corrected chi connectivity index (χ4v) is 2.77. The van der Waals surface area contributed by atoms with E-state index >= 15 is 0 Å². The third-order valence-corrected chi connectivity index (χ3v) is 3.62. The van der Waals surface area contributed by atoms with Crippen molar-refractivity contribution in [1.29, 1.82) is 0 Å². The van der Waals surface area contributed by atoms with Gasteiger partial charge in [0.05, 0.1) is 0 Å². The zero-order chi connectivity index (χ0) is 11.1. The monoisotopic (exact) mass is 291 g/mol. The predicted octanol–water partition coefficient (Wildman–Crippen LogP) is 3.47. The van der Waals surface area contributed by atoms with Crippen LogP contribution < -0.4 is 5.73 Å². The molecule has 4 heteroatoms. The van der Waals surface area contributed by atoms with Gasteiger partial charge in [-0.15, -0.1) is 0 Å². The summed E-state index contributed by atoms with van der Waals surface area (Å²) in [5, 5.41) is 0.613. The molecule has 2 rings (SSSR count). The largest absolute Gasteiger partial charge is 0.327 e. The van der Waals surface area contributed by atoms with Crippen molar-refractivity contribution >= 4 is 27.5 Å². The molecule has 0 amide bonds. The topological polar surface area (TPSA) is 26.0 Å². The number of hydrogen-bond donors (Lipinski definition) is 1. The summed E-state index contributed by atoms with van der Waals surface area (Å²) in [4.78, 5) is 0. The predicted molar refractivity (Wildman–Crippen MR) is 63.9 cm³/mol. The van der Waals surface area contributed by atoms with E-state index in [2.05, 4.69) is 15.9 Å². The quantitative estimate of drug-likeness (QED) is 0.887. The number of rotatable bonds is 2. The van der Waals surface area contributed by atoms with E-state index in [1.165, 1.54) is 0 Å². The molecule has 1 aromatic carbocycles. The van der Waals surface area contributed by atoms with Gasteiger partial charge >= 0.3 is 0 Å². The van der Waals surface area contributed by atoms with Crippen LogP contribution in [0, 0.1) is 0 Å². The summed E-state index contributed by atoms with van der Waals surface area (Å²) in [5.41, 5.74) is 5.30. The Balaban J connectivity index is 2.11. The van der Waals surface area contributed by atoms with Crippen LogP contribution in [0.2, 0.25) is 5.02 Å². The van der Waals surface area contributed by atoms with E-state index in [9.17, 15) is 4.39 Å². The molecular formula is C11H12BrClFN. The van der Waals surface area contributed by atoms with Crippen molar-refractivity contribution in [2.75, 3.05) is 0 Å². The van der Waals surface area contributed by atoms with Crippen molar-refractivity contribution in [3.8, 4) is 0 Å². The van der Waals surface area contributed by atoms with Gasteiger partial charge in [0.2, 0.25) is 0 Å². The van der Waals surface area contributed by atoms with Gasteiger partial charge in [-0.2, -0.15) is 0 Å². The van der Waals surface area contributed by atoms with E-state index in [1.54, 1.807) is 6.07 Å². The number of halogens is 3. The lowest BCUT2D eigenvalue weighted by atomic mass is 9.74. The summed E-state index contributed by atoms with van der Waals surface area (Å²) in [6, 6.07) is 5.55. The number of hydrogen-bond acceptors (Lipinski definition) is 1. The van der Waals surface area contributed by atoms with E-state index < -0.39 is 5.67 Å². The fraction of sp³-hybridized carbons (Fsp3) is 0.455. The minimum Gasteiger partial charge on any atom is -0.327 e. The first kappa shape index (κ1) is 11.4. The van der Waals surface area contributed by atoms with Crippen LogP contribution in [0.1, 0.15) is 18.4 Å². The summed E-state index contributed by atoms with van der Waals surface area (Å²) in [5.74, 6) is 0.